The van der Waals surface area contributed by atoms with Crippen molar-refractivity contribution in [3.8, 4) is 11.5 Å². The summed E-state index contributed by atoms with van der Waals surface area (Å²) >= 11 is 0. The first-order chi connectivity index (χ1) is 12.2. The van der Waals surface area contributed by atoms with Crippen LogP contribution in [0, 0.1) is 0 Å². The summed E-state index contributed by atoms with van der Waals surface area (Å²) in [5, 5.41) is 10.6. The van der Waals surface area contributed by atoms with E-state index >= 15 is 0 Å². The van der Waals surface area contributed by atoms with Gasteiger partial charge in [0.25, 0.3) is 5.91 Å². The van der Waals surface area contributed by atoms with E-state index in [1.54, 1.807) is 31.4 Å². The van der Waals surface area contributed by atoms with Crippen molar-refractivity contribution in [2.24, 2.45) is 0 Å². The molecule has 3 rings (SSSR count). The molecule has 7 heteroatoms. The van der Waals surface area contributed by atoms with Gasteiger partial charge in [0.1, 0.15) is 0 Å². The molecule has 7 nitrogen and oxygen atoms in total. The van der Waals surface area contributed by atoms with Crippen molar-refractivity contribution >= 4 is 11.6 Å². The van der Waals surface area contributed by atoms with Gasteiger partial charge in [-0.1, -0.05) is 0 Å². The van der Waals surface area contributed by atoms with Crippen LogP contribution in [-0.2, 0) is 0 Å². The Morgan fingerprint density at radius 2 is 2.28 bits per heavy atom. The maximum atomic E-state index is 12.4. The van der Waals surface area contributed by atoms with Gasteiger partial charge in [-0.15, -0.1) is 0 Å². The lowest BCUT2D eigenvalue weighted by molar-refractivity contribution is 0.102. The predicted octanol–water partition coefficient (Wildman–Crippen LogP) is 2.47. The number of nitrogens with one attached hydrogen (secondary N) is 2. The molecular weight excluding hydrogens is 320 g/mol. The third kappa shape index (κ3) is 4.11. The zero-order valence-electron chi connectivity index (χ0n) is 14.6. The molecule has 134 valence electrons. The second-order valence-electron chi connectivity index (χ2n) is 5.93. The molecule has 1 aliphatic rings. The number of aromatic nitrogens is 2. The standard InChI is InChI=1S/C18H24N4O3/c1-3-25-16-7-6-13(11-17(16)24-2)20-18(23)15-8-10-22(21-15)14-5-4-9-19-12-14/h6-8,10-11,14,19H,3-5,9,12H2,1-2H3,(H,20,23). The van der Waals surface area contributed by atoms with Crippen LogP contribution in [0.5, 0.6) is 11.5 Å². The first kappa shape index (κ1) is 17.3. The third-order valence-electron chi connectivity index (χ3n) is 4.21. The Hall–Kier alpha value is -2.54. The third-order valence-corrected chi connectivity index (χ3v) is 4.21. The van der Waals surface area contributed by atoms with E-state index in [0.29, 0.717) is 35.5 Å². The van der Waals surface area contributed by atoms with Gasteiger partial charge in [0.05, 0.1) is 19.8 Å². The number of carbonyl (C=O) groups excluding carboxylic acids is 1. The summed E-state index contributed by atoms with van der Waals surface area (Å²) < 4.78 is 12.7. The van der Waals surface area contributed by atoms with Gasteiger partial charge in [-0.05, 0) is 44.5 Å². The maximum absolute atomic E-state index is 12.4. The van der Waals surface area contributed by atoms with Crippen LogP contribution in [0.2, 0.25) is 0 Å². The highest BCUT2D eigenvalue weighted by molar-refractivity contribution is 6.02. The van der Waals surface area contributed by atoms with Crippen LogP contribution in [-0.4, -0.2) is 42.5 Å². The Kier molecular flexibility index (Phi) is 5.55. The lowest BCUT2D eigenvalue weighted by atomic mass is 10.1. The molecule has 1 amide bonds. The van der Waals surface area contributed by atoms with Gasteiger partial charge in [0.15, 0.2) is 17.2 Å². The summed E-state index contributed by atoms with van der Waals surface area (Å²) in [7, 11) is 1.57. The molecule has 0 spiro atoms. The van der Waals surface area contributed by atoms with Crippen molar-refractivity contribution in [3.05, 3.63) is 36.2 Å². The normalized spacial score (nSPS) is 17.1. The minimum absolute atomic E-state index is 0.242. The molecule has 0 radical (unpaired) electrons. The molecule has 1 saturated heterocycles. The molecule has 0 aliphatic carbocycles. The van der Waals surface area contributed by atoms with E-state index in [1.165, 1.54) is 0 Å². The van der Waals surface area contributed by atoms with Crippen molar-refractivity contribution in [2.45, 2.75) is 25.8 Å². The lowest BCUT2D eigenvalue weighted by Gasteiger charge is -2.22. The fraction of sp³-hybridized carbons (Fsp3) is 0.444. The number of benzene rings is 1. The molecule has 1 aromatic carbocycles. The number of hydrogen-bond acceptors (Lipinski definition) is 5. The van der Waals surface area contributed by atoms with Gasteiger partial charge in [-0.3, -0.25) is 9.48 Å². The number of amides is 1. The Balaban J connectivity index is 1.68. The molecule has 1 atom stereocenters. The Morgan fingerprint density at radius 3 is 3.00 bits per heavy atom. The summed E-state index contributed by atoms with van der Waals surface area (Å²) in [4.78, 5) is 12.4. The molecule has 2 heterocycles. The predicted molar refractivity (Wildman–Crippen MR) is 95.5 cm³/mol. The van der Waals surface area contributed by atoms with Gasteiger partial charge < -0.3 is 20.1 Å². The topological polar surface area (TPSA) is 77.4 Å². The first-order valence-electron chi connectivity index (χ1n) is 8.59. The van der Waals surface area contributed by atoms with E-state index in [2.05, 4.69) is 15.7 Å². The number of carbonyl (C=O) groups is 1. The van der Waals surface area contributed by atoms with E-state index < -0.39 is 0 Å². The number of hydrogen-bond donors (Lipinski definition) is 2. The van der Waals surface area contributed by atoms with Crippen LogP contribution >= 0.6 is 0 Å². The molecule has 1 aliphatic heterocycles. The zero-order valence-corrected chi connectivity index (χ0v) is 14.6. The minimum Gasteiger partial charge on any atom is -0.493 e. The fourth-order valence-corrected chi connectivity index (χ4v) is 2.94. The van der Waals surface area contributed by atoms with Crippen molar-refractivity contribution < 1.29 is 14.3 Å². The number of nitrogens with zero attached hydrogens (tertiary/aromatic N) is 2. The molecule has 25 heavy (non-hydrogen) atoms. The average molecular weight is 344 g/mol. The Bertz CT molecular complexity index is 723. The van der Waals surface area contributed by atoms with Gasteiger partial charge in [-0.25, -0.2) is 0 Å². The zero-order chi connectivity index (χ0) is 17.6. The molecule has 0 saturated carbocycles. The molecule has 1 unspecified atom stereocenters. The highest BCUT2D eigenvalue weighted by Gasteiger charge is 2.18. The van der Waals surface area contributed by atoms with E-state index in [4.69, 9.17) is 9.47 Å². The molecular formula is C18H24N4O3. The fourth-order valence-electron chi connectivity index (χ4n) is 2.94. The summed E-state index contributed by atoms with van der Waals surface area (Å²) in [6.45, 7) is 4.40. The Morgan fingerprint density at radius 1 is 1.40 bits per heavy atom. The van der Waals surface area contributed by atoms with Gasteiger partial charge in [0.2, 0.25) is 0 Å². The molecule has 2 aromatic rings. The number of piperidine rings is 1. The summed E-state index contributed by atoms with van der Waals surface area (Å²) in [6, 6.07) is 7.36. The van der Waals surface area contributed by atoms with Gasteiger partial charge in [-0.2, -0.15) is 5.10 Å². The Labute approximate surface area is 147 Å². The number of anilines is 1. The second kappa shape index (κ2) is 8.02. The van der Waals surface area contributed by atoms with E-state index in [0.717, 1.165) is 25.9 Å². The summed E-state index contributed by atoms with van der Waals surface area (Å²) in [5.41, 5.74) is 1.04. The monoisotopic (exact) mass is 344 g/mol. The highest BCUT2D eigenvalue weighted by Crippen LogP contribution is 2.30. The van der Waals surface area contributed by atoms with Gasteiger partial charge in [0, 0.05) is 24.5 Å². The quantitative estimate of drug-likeness (QED) is 0.842. The maximum Gasteiger partial charge on any atom is 0.276 e. The average Bonchev–Trinajstić information content (AvgIpc) is 3.14. The number of rotatable bonds is 6. The molecule has 0 bridgehead atoms. The molecule has 2 N–H and O–H groups in total. The van der Waals surface area contributed by atoms with E-state index in [9.17, 15) is 4.79 Å². The summed E-state index contributed by atoms with van der Waals surface area (Å²) in [6.07, 6.45) is 4.06. The van der Waals surface area contributed by atoms with Crippen LogP contribution in [0.1, 0.15) is 36.3 Å². The van der Waals surface area contributed by atoms with Crippen molar-refractivity contribution in [1.29, 1.82) is 0 Å². The summed E-state index contributed by atoms with van der Waals surface area (Å²) in [5.74, 6) is 0.990. The first-order valence-corrected chi connectivity index (χ1v) is 8.59. The number of ether oxygens (including phenoxy) is 2. The second-order valence-corrected chi connectivity index (χ2v) is 5.93. The van der Waals surface area contributed by atoms with Crippen LogP contribution < -0.4 is 20.1 Å². The van der Waals surface area contributed by atoms with E-state index in [-0.39, 0.29) is 5.91 Å². The van der Waals surface area contributed by atoms with Crippen LogP contribution in [0.3, 0.4) is 0 Å². The van der Waals surface area contributed by atoms with Crippen LogP contribution in [0.15, 0.2) is 30.5 Å². The highest BCUT2D eigenvalue weighted by atomic mass is 16.5. The van der Waals surface area contributed by atoms with Crippen molar-refractivity contribution in [3.63, 3.8) is 0 Å². The van der Waals surface area contributed by atoms with Crippen molar-refractivity contribution in [2.75, 3.05) is 32.1 Å². The van der Waals surface area contributed by atoms with Crippen LogP contribution in [0.25, 0.3) is 0 Å². The van der Waals surface area contributed by atoms with Gasteiger partial charge >= 0.3 is 0 Å². The molecule has 1 fully saturated rings. The number of methoxy groups -OCH3 is 1. The largest absolute Gasteiger partial charge is 0.493 e. The van der Waals surface area contributed by atoms with Crippen LogP contribution in [0.4, 0.5) is 5.69 Å². The minimum atomic E-state index is -0.242. The molecule has 1 aromatic heterocycles. The smallest absolute Gasteiger partial charge is 0.276 e. The van der Waals surface area contributed by atoms with Crippen molar-refractivity contribution in [1.82, 2.24) is 15.1 Å². The lowest BCUT2D eigenvalue weighted by Crippen LogP contribution is -2.32. The van der Waals surface area contributed by atoms with E-state index in [1.807, 2.05) is 17.8 Å². The SMILES string of the molecule is CCOc1ccc(NC(=O)c2ccn(C3CCCNC3)n2)cc1OC.